The van der Waals surface area contributed by atoms with Crippen LogP contribution in [0.1, 0.15) is 11.1 Å². The maximum absolute atomic E-state index is 8.92. The zero-order chi connectivity index (χ0) is 12.0. The van der Waals surface area contributed by atoms with Crippen LogP contribution >= 0.6 is 24.8 Å². The van der Waals surface area contributed by atoms with E-state index in [2.05, 4.69) is 0 Å². The molecule has 0 aliphatic carbocycles. The van der Waals surface area contributed by atoms with Crippen molar-refractivity contribution in [2.45, 2.75) is 13.8 Å². The molecule has 0 heterocycles. The molecule has 19 heavy (non-hydrogen) atoms. The van der Waals surface area contributed by atoms with Gasteiger partial charge in [0, 0.05) is 26.2 Å². The minimum Gasteiger partial charge on any atom is -0.508 e. The van der Waals surface area contributed by atoms with Crippen molar-refractivity contribution < 1.29 is 36.4 Å². The van der Waals surface area contributed by atoms with Crippen LogP contribution in [-0.4, -0.2) is 10.2 Å². The Morgan fingerprint density at radius 2 is 0.895 bits per heavy atom. The third-order valence-corrected chi connectivity index (χ3v) is 2.23. The Hall–Kier alpha value is -0.497. The second-order valence-electron chi connectivity index (χ2n) is 3.57. The van der Waals surface area contributed by atoms with Crippen molar-refractivity contribution in [1.82, 2.24) is 0 Å². The number of phenols is 2. The fourth-order valence-corrected chi connectivity index (χ4v) is 1.13. The Balaban J connectivity index is -0.000000233. The normalized spacial score (nSPS) is 7.68. The molecule has 0 amide bonds. The van der Waals surface area contributed by atoms with Crippen LogP contribution in [0.2, 0.25) is 0 Å². The van der Waals surface area contributed by atoms with Gasteiger partial charge in [-0.2, -0.15) is 0 Å². The van der Waals surface area contributed by atoms with Gasteiger partial charge >= 0.3 is 0 Å². The summed E-state index contributed by atoms with van der Waals surface area (Å²) in [6, 6.07) is 14.5. The quantitative estimate of drug-likeness (QED) is 0.718. The summed E-state index contributed by atoms with van der Waals surface area (Å²) in [5.74, 6) is 0.736. The SMILES string of the molecule is Cc1ccccc1O.Cc1ccccc1O.Cl.Cl.[Zr]. The molecule has 2 rings (SSSR count). The van der Waals surface area contributed by atoms with E-state index in [-0.39, 0.29) is 51.0 Å². The summed E-state index contributed by atoms with van der Waals surface area (Å²) in [6.45, 7) is 3.74. The molecular formula is C14H18Cl2O2Zr. The van der Waals surface area contributed by atoms with Crippen molar-refractivity contribution in [3.63, 3.8) is 0 Å². The van der Waals surface area contributed by atoms with Gasteiger partial charge in [-0.25, -0.2) is 0 Å². The predicted octanol–water partition coefficient (Wildman–Crippen LogP) is 4.24. The maximum Gasteiger partial charge on any atom is 0.118 e. The van der Waals surface area contributed by atoms with Gasteiger partial charge in [-0.05, 0) is 37.1 Å². The van der Waals surface area contributed by atoms with Crippen LogP contribution in [0.5, 0.6) is 11.5 Å². The summed E-state index contributed by atoms with van der Waals surface area (Å²) < 4.78 is 0. The van der Waals surface area contributed by atoms with Crippen molar-refractivity contribution in [2.24, 2.45) is 0 Å². The Morgan fingerprint density at radius 1 is 0.632 bits per heavy atom. The van der Waals surface area contributed by atoms with Crippen LogP contribution in [-0.2, 0) is 26.2 Å². The molecule has 0 bridgehead atoms. The number of hydrogen-bond donors (Lipinski definition) is 2. The van der Waals surface area contributed by atoms with E-state index in [1.807, 2.05) is 50.2 Å². The number of halogens is 2. The molecule has 0 aromatic heterocycles. The topological polar surface area (TPSA) is 40.5 Å². The van der Waals surface area contributed by atoms with E-state index in [0.29, 0.717) is 11.5 Å². The second-order valence-corrected chi connectivity index (χ2v) is 3.57. The van der Waals surface area contributed by atoms with Gasteiger partial charge in [-0.1, -0.05) is 36.4 Å². The number of para-hydroxylation sites is 2. The minimum absolute atomic E-state index is 0. The van der Waals surface area contributed by atoms with Crippen LogP contribution in [0.4, 0.5) is 0 Å². The predicted molar refractivity (Wildman–Crippen MR) is 80.2 cm³/mol. The van der Waals surface area contributed by atoms with Gasteiger partial charge in [0.2, 0.25) is 0 Å². The fraction of sp³-hybridized carbons (Fsp3) is 0.143. The van der Waals surface area contributed by atoms with E-state index in [1.165, 1.54) is 0 Å². The first-order valence-corrected chi connectivity index (χ1v) is 5.10. The van der Waals surface area contributed by atoms with Gasteiger partial charge in [0.25, 0.3) is 0 Å². The largest absolute Gasteiger partial charge is 0.508 e. The van der Waals surface area contributed by atoms with E-state index in [0.717, 1.165) is 11.1 Å². The van der Waals surface area contributed by atoms with E-state index >= 15 is 0 Å². The molecule has 5 heteroatoms. The van der Waals surface area contributed by atoms with Crippen molar-refractivity contribution in [1.29, 1.82) is 0 Å². The number of aryl methyl sites for hydroxylation is 2. The number of aromatic hydroxyl groups is 2. The third-order valence-electron chi connectivity index (χ3n) is 2.23. The Kier molecular flexibility index (Phi) is 15.6. The van der Waals surface area contributed by atoms with E-state index in [4.69, 9.17) is 10.2 Å². The number of phenolic OH excluding ortho intramolecular Hbond substituents is 2. The van der Waals surface area contributed by atoms with Crippen molar-refractivity contribution in [3.05, 3.63) is 59.7 Å². The Bertz CT molecular complexity index is 379. The average molecular weight is 380 g/mol. The molecule has 0 spiro atoms. The molecule has 2 N–H and O–H groups in total. The average Bonchev–Trinajstić information content (AvgIpc) is 2.28. The molecule has 0 aliphatic heterocycles. The Morgan fingerprint density at radius 3 is 1.05 bits per heavy atom. The first kappa shape index (κ1) is 23.6. The molecule has 0 unspecified atom stereocenters. The molecule has 0 fully saturated rings. The van der Waals surface area contributed by atoms with Crippen LogP contribution < -0.4 is 0 Å². The van der Waals surface area contributed by atoms with Gasteiger partial charge < -0.3 is 10.2 Å². The van der Waals surface area contributed by atoms with E-state index in [1.54, 1.807) is 12.1 Å². The summed E-state index contributed by atoms with van der Waals surface area (Å²) in [6.07, 6.45) is 0. The summed E-state index contributed by atoms with van der Waals surface area (Å²) in [4.78, 5) is 0. The monoisotopic (exact) mass is 378 g/mol. The molecule has 0 saturated carbocycles. The summed E-state index contributed by atoms with van der Waals surface area (Å²) in [7, 11) is 0. The van der Waals surface area contributed by atoms with Crippen LogP contribution in [0, 0.1) is 13.8 Å². The number of benzene rings is 2. The smallest absolute Gasteiger partial charge is 0.118 e. The van der Waals surface area contributed by atoms with Gasteiger partial charge in [0.15, 0.2) is 0 Å². The zero-order valence-electron chi connectivity index (χ0n) is 10.8. The molecule has 0 radical (unpaired) electrons. The molecule has 0 saturated heterocycles. The van der Waals surface area contributed by atoms with Crippen molar-refractivity contribution in [3.8, 4) is 11.5 Å². The molecule has 2 aromatic carbocycles. The number of rotatable bonds is 0. The number of hydrogen-bond acceptors (Lipinski definition) is 2. The van der Waals surface area contributed by atoms with Crippen molar-refractivity contribution in [2.75, 3.05) is 0 Å². The van der Waals surface area contributed by atoms with Crippen LogP contribution in [0.15, 0.2) is 48.5 Å². The van der Waals surface area contributed by atoms with Crippen LogP contribution in [0.25, 0.3) is 0 Å². The summed E-state index contributed by atoms with van der Waals surface area (Å²) >= 11 is 0. The standard InChI is InChI=1S/2C7H8O.2ClH.Zr/c2*1-6-4-2-3-5-7(6)8;;;/h2*2-5,8H,1H3;2*1H;. The summed E-state index contributed by atoms with van der Waals surface area (Å²) in [5.41, 5.74) is 1.85. The van der Waals surface area contributed by atoms with Gasteiger partial charge in [0.1, 0.15) is 11.5 Å². The van der Waals surface area contributed by atoms with Gasteiger partial charge in [-0.3, -0.25) is 0 Å². The van der Waals surface area contributed by atoms with E-state index in [9.17, 15) is 0 Å². The maximum atomic E-state index is 8.92. The first-order chi connectivity index (χ1) is 7.61. The van der Waals surface area contributed by atoms with Gasteiger partial charge in [-0.15, -0.1) is 24.8 Å². The Labute approximate surface area is 145 Å². The molecule has 2 aromatic rings. The zero-order valence-corrected chi connectivity index (χ0v) is 14.9. The second kappa shape index (κ2) is 12.5. The third kappa shape index (κ3) is 9.10. The minimum atomic E-state index is 0. The summed E-state index contributed by atoms with van der Waals surface area (Å²) in [5, 5.41) is 17.8. The molecular weight excluding hydrogens is 362 g/mol. The fourth-order valence-electron chi connectivity index (χ4n) is 1.13. The van der Waals surface area contributed by atoms with Gasteiger partial charge in [0.05, 0.1) is 0 Å². The molecule has 0 atom stereocenters. The molecule has 0 aliphatic rings. The molecule has 2 nitrogen and oxygen atoms in total. The van der Waals surface area contributed by atoms with Crippen molar-refractivity contribution >= 4 is 24.8 Å². The van der Waals surface area contributed by atoms with E-state index < -0.39 is 0 Å². The molecule has 104 valence electrons. The first-order valence-electron chi connectivity index (χ1n) is 5.10. The van der Waals surface area contributed by atoms with Crippen LogP contribution in [0.3, 0.4) is 0 Å².